The Labute approximate surface area is 137 Å². The maximum Gasteiger partial charge on any atom is 0.220 e. The van der Waals surface area contributed by atoms with Gasteiger partial charge in [-0.2, -0.15) is 0 Å². The maximum atomic E-state index is 13.9. The predicted molar refractivity (Wildman–Crippen MR) is 89.3 cm³/mol. The summed E-state index contributed by atoms with van der Waals surface area (Å²) in [5.41, 5.74) is 8.68. The Morgan fingerprint density at radius 1 is 1.33 bits per heavy atom. The van der Waals surface area contributed by atoms with Crippen molar-refractivity contribution >= 4 is 22.7 Å². The quantitative estimate of drug-likeness (QED) is 0.673. The Morgan fingerprint density at radius 3 is 2.96 bits per heavy atom. The lowest BCUT2D eigenvalue weighted by atomic mass is 10.1. The summed E-state index contributed by atoms with van der Waals surface area (Å²) in [7, 11) is 0. The SMILES string of the molecule is Nc1nccc(-c2c[nH]c3nccc(N4CC(F)CC4CO)c23)n1. The number of nitrogens with two attached hydrogens (primary N) is 1. The molecule has 124 valence electrons. The molecule has 0 aromatic carbocycles. The standard InChI is InChI=1S/C16H17FN6O/c17-9-5-10(8-24)23(7-9)13-2-4-19-15-14(13)11(6-21-15)12-1-3-20-16(18)22-12/h1-4,6,9-10,24H,5,7-8H2,(H,19,21)(H2,18,20,22). The lowest BCUT2D eigenvalue weighted by molar-refractivity contribution is 0.256. The molecule has 0 spiro atoms. The number of hydrogen-bond acceptors (Lipinski definition) is 6. The van der Waals surface area contributed by atoms with E-state index in [-0.39, 0.29) is 25.1 Å². The number of aromatic nitrogens is 4. The lowest BCUT2D eigenvalue weighted by Gasteiger charge is -2.25. The summed E-state index contributed by atoms with van der Waals surface area (Å²) < 4.78 is 13.9. The van der Waals surface area contributed by atoms with E-state index in [4.69, 9.17) is 5.73 Å². The number of halogens is 1. The van der Waals surface area contributed by atoms with Crippen molar-refractivity contribution in [3.05, 3.63) is 30.7 Å². The molecule has 8 heteroatoms. The number of aliphatic hydroxyl groups is 1. The minimum Gasteiger partial charge on any atom is -0.394 e. The number of nitrogen functional groups attached to an aromatic ring is 1. The lowest BCUT2D eigenvalue weighted by Crippen LogP contribution is -2.32. The highest BCUT2D eigenvalue weighted by atomic mass is 19.1. The fourth-order valence-electron chi connectivity index (χ4n) is 3.33. The maximum absolute atomic E-state index is 13.9. The van der Waals surface area contributed by atoms with E-state index in [1.165, 1.54) is 0 Å². The van der Waals surface area contributed by atoms with Gasteiger partial charge in [0.15, 0.2) is 0 Å². The van der Waals surface area contributed by atoms with Crippen molar-refractivity contribution in [3.8, 4) is 11.3 Å². The van der Waals surface area contributed by atoms with Crippen LogP contribution in [-0.2, 0) is 0 Å². The third kappa shape index (κ3) is 2.35. The van der Waals surface area contributed by atoms with E-state index < -0.39 is 6.17 Å². The molecule has 1 fully saturated rings. The number of rotatable bonds is 3. The largest absolute Gasteiger partial charge is 0.394 e. The van der Waals surface area contributed by atoms with Crippen molar-refractivity contribution in [1.29, 1.82) is 0 Å². The van der Waals surface area contributed by atoms with Crippen LogP contribution in [0.2, 0.25) is 0 Å². The minimum absolute atomic E-state index is 0.0928. The van der Waals surface area contributed by atoms with Gasteiger partial charge in [-0.3, -0.25) is 0 Å². The number of anilines is 2. The molecule has 3 aromatic heterocycles. The molecular weight excluding hydrogens is 311 g/mol. The Morgan fingerprint density at radius 2 is 2.17 bits per heavy atom. The summed E-state index contributed by atoms with van der Waals surface area (Å²) in [5, 5.41) is 10.4. The van der Waals surface area contributed by atoms with Crippen molar-refractivity contribution in [3.63, 3.8) is 0 Å². The Hall–Kier alpha value is -2.74. The summed E-state index contributed by atoms with van der Waals surface area (Å²) >= 11 is 0. The molecule has 4 heterocycles. The van der Waals surface area contributed by atoms with Crippen LogP contribution in [0.1, 0.15) is 6.42 Å². The van der Waals surface area contributed by atoms with Gasteiger partial charge in [-0.05, 0) is 12.1 Å². The zero-order valence-corrected chi connectivity index (χ0v) is 12.9. The van der Waals surface area contributed by atoms with E-state index in [0.717, 1.165) is 16.6 Å². The average Bonchev–Trinajstić information content (AvgIpc) is 3.17. The molecule has 7 nitrogen and oxygen atoms in total. The number of H-pyrrole nitrogens is 1. The molecule has 1 aliphatic rings. The van der Waals surface area contributed by atoms with Crippen LogP contribution in [0.4, 0.5) is 16.0 Å². The first-order chi connectivity index (χ1) is 11.7. The number of aliphatic hydroxyl groups excluding tert-OH is 1. The number of aromatic amines is 1. The summed E-state index contributed by atoms with van der Waals surface area (Å²) in [6, 6.07) is 3.36. The zero-order valence-electron chi connectivity index (χ0n) is 12.9. The molecule has 1 aliphatic heterocycles. The van der Waals surface area contributed by atoms with Crippen LogP contribution in [0.25, 0.3) is 22.3 Å². The van der Waals surface area contributed by atoms with Gasteiger partial charge in [0.1, 0.15) is 11.8 Å². The average molecular weight is 328 g/mol. The van der Waals surface area contributed by atoms with Gasteiger partial charge < -0.3 is 20.7 Å². The second kappa shape index (κ2) is 5.72. The minimum atomic E-state index is -0.956. The normalized spacial score (nSPS) is 20.8. The molecular formula is C16H17FN6O. The zero-order chi connectivity index (χ0) is 16.7. The Balaban J connectivity index is 1.89. The fourth-order valence-corrected chi connectivity index (χ4v) is 3.33. The fraction of sp³-hybridized carbons (Fsp3) is 0.312. The molecule has 2 unspecified atom stereocenters. The molecule has 2 atom stereocenters. The summed E-state index contributed by atoms with van der Waals surface area (Å²) in [5.74, 6) is 0.186. The molecule has 0 amide bonds. The Kier molecular flexibility index (Phi) is 3.53. The second-order valence-electron chi connectivity index (χ2n) is 5.88. The van der Waals surface area contributed by atoms with Crippen molar-refractivity contribution in [2.75, 3.05) is 23.8 Å². The number of pyridine rings is 1. The van der Waals surface area contributed by atoms with Crippen molar-refractivity contribution < 1.29 is 9.50 Å². The first-order valence-electron chi connectivity index (χ1n) is 7.74. The summed E-state index contributed by atoms with van der Waals surface area (Å²) in [4.78, 5) is 17.5. The van der Waals surface area contributed by atoms with Crippen LogP contribution >= 0.6 is 0 Å². The number of alkyl halides is 1. The van der Waals surface area contributed by atoms with Gasteiger partial charge in [-0.25, -0.2) is 19.3 Å². The van der Waals surface area contributed by atoms with Crippen molar-refractivity contribution in [2.24, 2.45) is 0 Å². The van der Waals surface area contributed by atoms with Crippen LogP contribution in [0.5, 0.6) is 0 Å². The van der Waals surface area contributed by atoms with Gasteiger partial charge in [-0.15, -0.1) is 0 Å². The molecule has 1 saturated heterocycles. The highest BCUT2D eigenvalue weighted by molar-refractivity contribution is 6.02. The van der Waals surface area contributed by atoms with E-state index >= 15 is 0 Å². The highest BCUT2D eigenvalue weighted by Gasteiger charge is 2.33. The first-order valence-corrected chi connectivity index (χ1v) is 7.74. The van der Waals surface area contributed by atoms with Gasteiger partial charge >= 0.3 is 0 Å². The van der Waals surface area contributed by atoms with E-state index in [1.807, 2.05) is 11.0 Å². The number of nitrogens with one attached hydrogen (secondary N) is 1. The molecule has 0 aliphatic carbocycles. The van der Waals surface area contributed by atoms with Crippen molar-refractivity contribution in [1.82, 2.24) is 19.9 Å². The third-order valence-corrected chi connectivity index (χ3v) is 4.39. The monoisotopic (exact) mass is 328 g/mol. The van der Waals surface area contributed by atoms with Crippen LogP contribution < -0.4 is 10.6 Å². The summed E-state index contributed by atoms with van der Waals surface area (Å²) in [6.45, 7) is 0.158. The molecule has 0 saturated carbocycles. The van der Waals surface area contributed by atoms with Crippen LogP contribution in [0.15, 0.2) is 30.7 Å². The molecule has 4 N–H and O–H groups in total. The summed E-state index contributed by atoms with van der Waals surface area (Å²) in [6.07, 6.45) is 4.44. The third-order valence-electron chi connectivity index (χ3n) is 4.39. The van der Waals surface area contributed by atoms with Gasteiger partial charge in [0.05, 0.1) is 29.4 Å². The van der Waals surface area contributed by atoms with Crippen LogP contribution in [0.3, 0.4) is 0 Å². The number of fused-ring (bicyclic) bond motifs is 1. The van der Waals surface area contributed by atoms with Crippen molar-refractivity contribution in [2.45, 2.75) is 18.6 Å². The molecule has 3 aromatic rings. The van der Waals surface area contributed by atoms with E-state index in [1.54, 1.807) is 24.7 Å². The van der Waals surface area contributed by atoms with Gasteiger partial charge in [0, 0.05) is 37.1 Å². The second-order valence-corrected chi connectivity index (χ2v) is 5.88. The van der Waals surface area contributed by atoms with E-state index in [2.05, 4.69) is 19.9 Å². The molecule has 24 heavy (non-hydrogen) atoms. The molecule has 0 radical (unpaired) electrons. The number of hydrogen-bond donors (Lipinski definition) is 3. The Bertz CT molecular complexity index is 882. The number of nitrogens with zero attached hydrogens (tertiary/aromatic N) is 4. The topological polar surface area (TPSA) is 104 Å². The van der Waals surface area contributed by atoms with Crippen LogP contribution in [-0.4, -0.2) is 50.4 Å². The molecule has 0 bridgehead atoms. The highest BCUT2D eigenvalue weighted by Crippen LogP contribution is 2.37. The first kappa shape index (κ1) is 14.8. The van der Waals surface area contributed by atoms with E-state index in [9.17, 15) is 9.50 Å². The van der Waals surface area contributed by atoms with Gasteiger partial charge in [0.25, 0.3) is 0 Å². The van der Waals surface area contributed by atoms with Crippen LogP contribution in [0, 0.1) is 0 Å². The predicted octanol–water partition coefficient (Wildman–Crippen LogP) is 1.51. The van der Waals surface area contributed by atoms with Gasteiger partial charge in [-0.1, -0.05) is 0 Å². The van der Waals surface area contributed by atoms with Gasteiger partial charge in [0.2, 0.25) is 5.95 Å². The van der Waals surface area contributed by atoms with E-state index in [0.29, 0.717) is 17.8 Å². The smallest absolute Gasteiger partial charge is 0.220 e. The molecule has 4 rings (SSSR count).